The molecular weight excluding hydrogens is 713 g/mol. The average molecular weight is 773 g/mol. The highest BCUT2D eigenvalue weighted by Gasteiger charge is 2.22. The van der Waals surface area contributed by atoms with E-state index in [0.29, 0.717) is 0 Å². The molecule has 0 radical (unpaired) electrons. The molecule has 298 valence electrons. The summed E-state index contributed by atoms with van der Waals surface area (Å²) in [4.78, 5) is 0. The van der Waals surface area contributed by atoms with Crippen LogP contribution in [0.5, 0.6) is 5.75 Å². The van der Waals surface area contributed by atoms with Crippen molar-refractivity contribution in [2.24, 2.45) is 0 Å². The van der Waals surface area contributed by atoms with Gasteiger partial charge in [-0.2, -0.15) is 0 Å². The van der Waals surface area contributed by atoms with Crippen LogP contribution < -0.4 is 4.74 Å². The molecule has 0 saturated heterocycles. The Kier molecular flexibility index (Phi) is 13.5. The van der Waals surface area contributed by atoms with Crippen LogP contribution in [0, 0.1) is 0 Å². The molecular formula is C58H60O. The Morgan fingerprint density at radius 3 is 1.00 bits per heavy atom. The van der Waals surface area contributed by atoms with E-state index in [1.807, 2.05) is 6.08 Å². The van der Waals surface area contributed by atoms with Crippen molar-refractivity contribution in [3.63, 3.8) is 0 Å². The molecule has 59 heavy (non-hydrogen) atoms. The van der Waals surface area contributed by atoms with Crippen LogP contribution in [-0.2, 0) is 0 Å². The van der Waals surface area contributed by atoms with E-state index < -0.39 is 0 Å². The molecule has 1 nitrogen and oxygen atoms in total. The molecule has 8 aromatic rings. The molecule has 0 heterocycles. The minimum Gasteiger partial charge on any atom is -0.494 e. The standard InChI is InChI=1S/C58H60O/c1-3-5-6-7-8-9-10-11-12-13-14-15-16-25-42-59-46-40-38-45(39-41-46)56-49-28-19-23-32-53(49)58(54-33-24-20-29-50(54)56)57-51-30-21-17-26-47(51)55(48-27-18-22-31-52(48)57)44-36-34-43(4-2)35-37-44/h4,17-24,26-41H,2-3,5-16,25,42H2,1H3. The summed E-state index contributed by atoms with van der Waals surface area (Å²) in [7, 11) is 0. The molecule has 0 unspecified atom stereocenters. The summed E-state index contributed by atoms with van der Waals surface area (Å²) in [5.41, 5.74) is 8.66. The minimum absolute atomic E-state index is 0.777. The molecule has 0 atom stereocenters. The number of ether oxygens (including phenoxy) is 1. The molecule has 0 bridgehead atoms. The zero-order valence-corrected chi connectivity index (χ0v) is 35.2. The molecule has 0 saturated carbocycles. The van der Waals surface area contributed by atoms with Gasteiger partial charge >= 0.3 is 0 Å². The number of unbranched alkanes of at least 4 members (excludes halogenated alkanes) is 13. The fourth-order valence-electron chi connectivity index (χ4n) is 9.41. The second kappa shape index (κ2) is 19.9. The summed E-state index contributed by atoms with van der Waals surface area (Å²) in [6, 6.07) is 53.6. The van der Waals surface area contributed by atoms with Gasteiger partial charge in [0.2, 0.25) is 0 Å². The van der Waals surface area contributed by atoms with Crippen LogP contribution in [0.3, 0.4) is 0 Å². The first kappa shape index (κ1) is 40.1. The Labute approximate surface area is 352 Å². The summed E-state index contributed by atoms with van der Waals surface area (Å²) in [6.45, 7) is 7.06. The smallest absolute Gasteiger partial charge is 0.119 e. The second-order valence-corrected chi connectivity index (χ2v) is 16.5. The summed E-state index contributed by atoms with van der Waals surface area (Å²) < 4.78 is 6.29. The lowest BCUT2D eigenvalue weighted by molar-refractivity contribution is 0.304. The molecule has 0 N–H and O–H groups in total. The number of fused-ring (bicyclic) bond motifs is 4. The van der Waals surface area contributed by atoms with Gasteiger partial charge in [-0.3, -0.25) is 0 Å². The van der Waals surface area contributed by atoms with Crippen molar-refractivity contribution >= 4 is 49.2 Å². The highest BCUT2D eigenvalue weighted by molar-refractivity contribution is 6.29. The number of hydrogen-bond acceptors (Lipinski definition) is 1. The van der Waals surface area contributed by atoms with Crippen molar-refractivity contribution < 1.29 is 4.74 Å². The van der Waals surface area contributed by atoms with Crippen molar-refractivity contribution in [2.45, 2.75) is 96.8 Å². The fourth-order valence-corrected chi connectivity index (χ4v) is 9.41. The van der Waals surface area contributed by atoms with E-state index in [4.69, 9.17) is 4.74 Å². The summed E-state index contributed by atoms with van der Waals surface area (Å²) in [5, 5.41) is 10.1. The van der Waals surface area contributed by atoms with Gasteiger partial charge in [-0.25, -0.2) is 0 Å². The molecule has 8 aromatic carbocycles. The van der Waals surface area contributed by atoms with Crippen molar-refractivity contribution in [3.8, 4) is 39.1 Å². The van der Waals surface area contributed by atoms with Crippen LogP contribution in [0.25, 0.3) is 82.5 Å². The fraction of sp³-hybridized carbons (Fsp3) is 0.276. The SMILES string of the molecule is C=Cc1ccc(-c2c3ccccc3c(-c3c4ccccc4c(-c4ccc(OCCCCCCCCCCCCCCCC)cc4)c4ccccc34)c3ccccc23)cc1. The van der Waals surface area contributed by atoms with Gasteiger partial charge < -0.3 is 4.74 Å². The van der Waals surface area contributed by atoms with E-state index in [1.54, 1.807) is 0 Å². The van der Waals surface area contributed by atoms with Crippen LogP contribution in [0.4, 0.5) is 0 Å². The molecule has 8 rings (SSSR count). The lowest BCUT2D eigenvalue weighted by atomic mass is 9.81. The maximum absolute atomic E-state index is 6.29. The van der Waals surface area contributed by atoms with Crippen LogP contribution in [0.2, 0.25) is 0 Å². The molecule has 0 aliphatic rings. The molecule has 1 heteroatoms. The Morgan fingerprint density at radius 2 is 0.661 bits per heavy atom. The first-order valence-electron chi connectivity index (χ1n) is 22.6. The molecule has 0 amide bonds. The predicted molar refractivity (Wildman–Crippen MR) is 259 cm³/mol. The third-order valence-electron chi connectivity index (χ3n) is 12.5. The Hall–Kier alpha value is -5.66. The maximum Gasteiger partial charge on any atom is 0.119 e. The Balaban J connectivity index is 1.04. The van der Waals surface area contributed by atoms with Gasteiger partial charge in [0.25, 0.3) is 0 Å². The summed E-state index contributed by atoms with van der Waals surface area (Å²) in [5.74, 6) is 0.950. The average Bonchev–Trinajstić information content (AvgIpc) is 3.29. The van der Waals surface area contributed by atoms with E-state index in [0.717, 1.165) is 24.3 Å². The largest absolute Gasteiger partial charge is 0.494 e. The summed E-state index contributed by atoms with van der Waals surface area (Å²) in [6.07, 6.45) is 21.0. The Bertz CT molecular complexity index is 2510. The normalized spacial score (nSPS) is 11.5. The van der Waals surface area contributed by atoms with Gasteiger partial charge in [0.05, 0.1) is 6.61 Å². The zero-order chi connectivity index (χ0) is 40.2. The monoisotopic (exact) mass is 772 g/mol. The van der Waals surface area contributed by atoms with E-state index >= 15 is 0 Å². The summed E-state index contributed by atoms with van der Waals surface area (Å²) >= 11 is 0. The number of rotatable bonds is 20. The number of benzene rings is 8. The van der Waals surface area contributed by atoms with Crippen molar-refractivity contribution in [1.29, 1.82) is 0 Å². The topological polar surface area (TPSA) is 9.23 Å². The van der Waals surface area contributed by atoms with Crippen LogP contribution in [0.1, 0.15) is 102 Å². The van der Waals surface area contributed by atoms with Crippen molar-refractivity contribution in [2.75, 3.05) is 6.61 Å². The van der Waals surface area contributed by atoms with E-state index in [1.165, 1.54) is 160 Å². The zero-order valence-electron chi connectivity index (χ0n) is 35.2. The lowest BCUT2D eigenvalue weighted by Crippen LogP contribution is -1.97. The third kappa shape index (κ3) is 9.01. The van der Waals surface area contributed by atoms with Gasteiger partial charge in [0, 0.05) is 0 Å². The first-order valence-corrected chi connectivity index (χ1v) is 22.6. The van der Waals surface area contributed by atoms with E-state index in [2.05, 4.69) is 159 Å². The van der Waals surface area contributed by atoms with Gasteiger partial charge in [0.15, 0.2) is 0 Å². The molecule has 0 fully saturated rings. The lowest BCUT2D eigenvalue weighted by Gasteiger charge is -2.22. The maximum atomic E-state index is 6.29. The molecule has 0 spiro atoms. The van der Waals surface area contributed by atoms with Gasteiger partial charge in [-0.05, 0) is 101 Å². The Morgan fingerprint density at radius 1 is 0.356 bits per heavy atom. The highest BCUT2D eigenvalue weighted by Crippen LogP contribution is 2.50. The van der Waals surface area contributed by atoms with Gasteiger partial charge in [0.1, 0.15) is 5.75 Å². The quantitative estimate of drug-likeness (QED) is 0.0554. The van der Waals surface area contributed by atoms with E-state index in [9.17, 15) is 0 Å². The highest BCUT2D eigenvalue weighted by atomic mass is 16.5. The van der Waals surface area contributed by atoms with Crippen LogP contribution in [0.15, 0.2) is 152 Å². The van der Waals surface area contributed by atoms with Crippen molar-refractivity contribution in [1.82, 2.24) is 0 Å². The van der Waals surface area contributed by atoms with Gasteiger partial charge in [-0.1, -0.05) is 237 Å². The van der Waals surface area contributed by atoms with Crippen molar-refractivity contribution in [3.05, 3.63) is 158 Å². The molecule has 0 aromatic heterocycles. The molecule has 0 aliphatic heterocycles. The number of hydrogen-bond donors (Lipinski definition) is 0. The van der Waals surface area contributed by atoms with Crippen LogP contribution >= 0.6 is 0 Å². The predicted octanol–water partition coefficient (Wildman–Crippen LogP) is 17.8. The van der Waals surface area contributed by atoms with Gasteiger partial charge in [-0.15, -0.1) is 0 Å². The second-order valence-electron chi connectivity index (χ2n) is 16.5. The van der Waals surface area contributed by atoms with E-state index in [-0.39, 0.29) is 0 Å². The minimum atomic E-state index is 0.777. The molecule has 0 aliphatic carbocycles. The third-order valence-corrected chi connectivity index (χ3v) is 12.5. The first-order chi connectivity index (χ1) is 29.3. The van der Waals surface area contributed by atoms with Crippen LogP contribution in [-0.4, -0.2) is 6.61 Å².